The maximum Gasteiger partial charge on any atom is 0.473 e. The molecule has 218 valence electrons. The van der Waals surface area contributed by atoms with E-state index >= 15 is 0 Å². The fraction of sp³-hybridized carbons (Fsp3) is 0.429. The van der Waals surface area contributed by atoms with E-state index in [9.17, 15) is 29.6 Å². The second-order valence-electron chi connectivity index (χ2n) is 9.25. The van der Waals surface area contributed by atoms with Crippen LogP contribution < -0.4 is 11.3 Å². The monoisotopic (exact) mass is 593 g/mol. The van der Waals surface area contributed by atoms with E-state index in [1.807, 2.05) is 0 Å². The molecule has 2 fully saturated rings. The lowest BCUT2D eigenvalue weighted by Gasteiger charge is -2.24. The van der Waals surface area contributed by atoms with Crippen LogP contribution in [0.3, 0.4) is 0 Å². The highest BCUT2D eigenvalue weighted by atomic mass is 31.2. The zero-order valence-corrected chi connectivity index (χ0v) is 21.8. The van der Waals surface area contributed by atoms with Crippen molar-refractivity contribution < 1.29 is 43.3 Å². The Kier molecular flexibility index (Phi) is 6.92. The van der Waals surface area contributed by atoms with Gasteiger partial charge in [0.2, 0.25) is 0 Å². The Morgan fingerprint density at radius 2 is 1.76 bits per heavy atom. The number of aromatic amines is 1. The first kappa shape index (κ1) is 27.5. The first-order valence-corrected chi connectivity index (χ1v) is 13.5. The van der Waals surface area contributed by atoms with E-state index in [2.05, 4.69) is 36.5 Å². The highest BCUT2D eigenvalue weighted by Crippen LogP contribution is 2.51. The van der Waals surface area contributed by atoms with Crippen molar-refractivity contribution in [2.75, 3.05) is 18.9 Å². The van der Waals surface area contributed by atoms with Gasteiger partial charge in [-0.2, -0.15) is 0 Å². The Labute approximate surface area is 228 Å². The van der Waals surface area contributed by atoms with Gasteiger partial charge in [0.1, 0.15) is 42.4 Å². The minimum Gasteiger partial charge on any atom is -0.393 e. The molecule has 20 heteroatoms. The van der Waals surface area contributed by atoms with Crippen molar-refractivity contribution in [1.82, 2.24) is 39.0 Å². The van der Waals surface area contributed by atoms with Crippen molar-refractivity contribution >= 4 is 36.0 Å². The third-order valence-corrected chi connectivity index (χ3v) is 7.76. The zero-order chi connectivity index (χ0) is 29.1. The van der Waals surface area contributed by atoms with Gasteiger partial charge in [0.25, 0.3) is 5.56 Å². The standard InChI is InChI=1S/C21H24N9O10P/c1-8-9(2-31)38-21(30-7-28-12-18(30)25-5-26-19(12)34)15(8)40-41(35,36)37-3-10-13(32)14(33)20(39-10)29-6-27-11-16(22)23-4-24-17(11)29/h4-7,9-10,13-15,20-21,31-33H,1-3H2,(H,35,36)(H2,22,23,24)(H,25,26,34)/t9-,10-,13-,14-,15-,20-,21-/m1/s1. The van der Waals surface area contributed by atoms with Crippen LogP contribution in [0.25, 0.3) is 22.3 Å². The summed E-state index contributed by atoms with van der Waals surface area (Å²) >= 11 is 0. The lowest BCUT2D eigenvalue weighted by molar-refractivity contribution is -0.0615. The van der Waals surface area contributed by atoms with Gasteiger partial charge >= 0.3 is 7.82 Å². The molecule has 0 aliphatic carbocycles. The first-order chi connectivity index (χ1) is 19.6. The molecule has 2 aliphatic rings. The van der Waals surface area contributed by atoms with Crippen LogP contribution in [0.4, 0.5) is 5.82 Å². The number of phosphoric acid groups is 1. The van der Waals surface area contributed by atoms with Gasteiger partial charge in [0.15, 0.2) is 35.1 Å². The number of rotatable bonds is 8. The Balaban J connectivity index is 1.18. The number of ether oxygens (including phenoxy) is 2. The van der Waals surface area contributed by atoms with Gasteiger partial charge in [0.05, 0.1) is 32.2 Å². The molecule has 0 aromatic carbocycles. The number of H-pyrrole nitrogens is 1. The van der Waals surface area contributed by atoms with Gasteiger partial charge in [-0.05, 0) is 5.57 Å². The summed E-state index contributed by atoms with van der Waals surface area (Å²) in [5.41, 5.74) is 5.96. The number of nitrogens with zero attached hydrogens (tertiary/aromatic N) is 7. The van der Waals surface area contributed by atoms with E-state index in [1.165, 1.54) is 28.1 Å². The second kappa shape index (κ2) is 10.3. The van der Waals surface area contributed by atoms with Crippen LogP contribution in [0, 0.1) is 0 Å². The van der Waals surface area contributed by atoms with Crippen LogP contribution >= 0.6 is 7.82 Å². The van der Waals surface area contributed by atoms with E-state index in [-0.39, 0.29) is 33.7 Å². The van der Waals surface area contributed by atoms with E-state index in [0.29, 0.717) is 0 Å². The molecule has 4 aromatic rings. The first-order valence-electron chi connectivity index (χ1n) is 12.0. The number of aliphatic hydroxyl groups is 3. The quantitative estimate of drug-likeness (QED) is 0.0962. The summed E-state index contributed by atoms with van der Waals surface area (Å²) in [6, 6.07) is 0. The number of anilines is 1. The number of aromatic nitrogens is 8. The predicted octanol–water partition coefficient (Wildman–Crippen LogP) is -1.89. The van der Waals surface area contributed by atoms with Crippen molar-refractivity contribution in [3.05, 3.63) is 47.8 Å². The van der Waals surface area contributed by atoms with E-state index in [0.717, 1.165) is 6.33 Å². The zero-order valence-electron chi connectivity index (χ0n) is 20.9. The highest BCUT2D eigenvalue weighted by molar-refractivity contribution is 7.47. The lowest BCUT2D eigenvalue weighted by atomic mass is 10.1. The molecular formula is C21H24N9O10P. The summed E-state index contributed by atoms with van der Waals surface area (Å²) in [5, 5.41) is 30.9. The van der Waals surface area contributed by atoms with Gasteiger partial charge in [0, 0.05) is 0 Å². The van der Waals surface area contributed by atoms with Gasteiger partial charge in [-0.25, -0.2) is 29.5 Å². The average Bonchev–Trinajstić information content (AvgIpc) is 3.70. The van der Waals surface area contributed by atoms with E-state index in [4.69, 9.17) is 24.3 Å². The minimum absolute atomic E-state index is 0.0170. The molecule has 6 heterocycles. The topological polar surface area (TPSA) is 268 Å². The average molecular weight is 593 g/mol. The van der Waals surface area contributed by atoms with Gasteiger partial charge in [-0.15, -0.1) is 0 Å². The number of fused-ring (bicyclic) bond motifs is 2. The van der Waals surface area contributed by atoms with E-state index < -0.39 is 69.6 Å². The molecule has 6 rings (SSSR count). The molecule has 0 bridgehead atoms. The van der Waals surface area contributed by atoms with Crippen LogP contribution in [0.1, 0.15) is 12.5 Å². The molecule has 0 spiro atoms. The van der Waals surface area contributed by atoms with Crippen LogP contribution in [-0.2, 0) is 23.1 Å². The van der Waals surface area contributed by atoms with Crippen molar-refractivity contribution in [2.24, 2.45) is 0 Å². The number of phosphoric ester groups is 1. The molecule has 7 N–H and O–H groups in total. The fourth-order valence-corrected chi connectivity index (χ4v) is 5.65. The Hall–Kier alpha value is -3.65. The molecule has 19 nitrogen and oxygen atoms in total. The third kappa shape index (κ3) is 4.72. The molecule has 2 aliphatic heterocycles. The molecule has 1 unspecified atom stereocenters. The summed E-state index contributed by atoms with van der Waals surface area (Å²) in [6.07, 6.45) is -4.13. The smallest absolute Gasteiger partial charge is 0.393 e. The van der Waals surface area contributed by atoms with Gasteiger partial charge in [-0.3, -0.25) is 23.0 Å². The minimum atomic E-state index is -4.92. The molecule has 8 atom stereocenters. The molecule has 0 saturated carbocycles. The Morgan fingerprint density at radius 1 is 1.05 bits per heavy atom. The summed E-state index contributed by atoms with van der Waals surface area (Å²) in [7, 11) is -4.92. The number of hydrogen-bond acceptors (Lipinski definition) is 15. The lowest BCUT2D eigenvalue weighted by Crippen LogP contribution is -2.33. The molecule has 41 heavy (non-hydrogen) atoms. The summed E-state index contributed by atoms with van der Waals surface area (Å²) in [6.45, 7) is 2.62. The third-order valence-electron chi connectivity index (χ3n) is 6.79. The number of nitrogen functional groups attached to an aromatic ring is 1. The Bertz CT molecular complexity index is 1720. The maximum absolute atomic E-state index is 13.0. The fourth-order valence-electron chi connectivity index (χ4n) is 4.73. The van der Waals surface area contributed by atoms with Gasteiger partial charge in [-0.1, -0.05) is 6.58 Å². The maximum atomic E-state index is 13.0. The molecule has 0 radical (unpaired) electrons. The SMILES string of the molecule is C=C1[C@@H](OP(=O)(O)OC[C@H]2O[C@@H](n3cnc4c(N)ncnc43)[C@H](O)[C@@H]2O)[C@H](n2cnc3c(=O)[nH]cnc32)O[C@@H]1CO. The normalized spacial score (nSPS) is 30.0. The summed E-state index contributed by atoms with van der Waals surface area (Å²) in [4.78, 5) is 45.1. The van der Waals surface area contributed by atoms with Crippen molar-refractivity contribution in [2.45, 2.75) is 43.0 Å². The number of imidazole rings is 2. The number of nitrogens with two attached hydrogens (primary N) is 1. The molecule has 4 aromatic heterocycles. The number of hydrogen-bond donors (Lipinski definition) is 6. The van der Waals surface area contributed by atoms with Crippen LogP contribution in [0.15, 0.2) is 42.3 Å². The van der Waals surface area contributed by atoms with Crippen molar-refractivity contribution in [3.63, 3.8) is 0 Å². The van der Waals surface area contributed by atoms with Crippen LogP contribution in [-0.4, -0.2) is 103 Å². The molecular weight excluding hydrogens is 569 g/mol. The highest BCUT2D eigenvalue weighted by Gasteiger charge is 2.48. The van der Waals surface area contributed by atoms with Crippen LogP contribution in [0.5, 0.6) is 0 Å². The predicted molar refractivity (Wildman–Crippen MR) is 135 cm³/mol. The van der Waals surface area contributed by atoms with Crippen LogP contribution in [0.2, 0.25) is 0 Å². The molecule has 2 saturated heterocycles. The Morgan fingerprint density at radius 3 is 2.51 bits per heavy atom. The second-order valence-corrected chi connectivity index (χ2v) is 10.7. The summed E-state index contributed by atoms with van der Waals surface area (Å²) in [5.74, 6) is 0.102. The van der Waals surface area contributed by atoms with Gasteiger partial charge < -0.3 is 40.4 Å². The number of nitrogens with one attached hydrogen (secondary N) is 1. The van der Waals surface area contributed by atoms with Crippen molar-refractivity contribution in [1.29, 1.82) is 0 Å². The summed E-state index contributed by atoms with van der Waals surface area (Å²) < 4.78 is 37.7. The van der Waals surface area contributed by atoms with Crippen molar-refractivity contribution in [3.8, 4) is 0 Å². The molecule has 0 amide bonds. The van der Waals surface area contributed by atoms with E-state index in [1.54, 1.807) is 0 Å². The largest absolute Gasteiger partial charge is 0.473 e. The number of aliphatic hydroxyl groups excluding tert-OH is 3.